The SMILES string of the molecule is C=C(/C=C\C(=C/C)C(C)(C)C)C1CCC(c2cc(Nc3cccc(CC)c3F)n[nH]2)C1.CC.CC. The molecule has 0 aliphatic heterocycles. The first kappa shape index (κ1) is 30.4. The van der Waals surface area contributed by atoms with Crippen LogP contribution < -0.4 is 5.32 Å². The molecule has 0 amide bonds. The van der Waals surface area contributed by atoms with Crippen LogP contribution in [-0.2, 0) is 6.42 Å². The number of aromatic nitrogens is 2. The molecule has 1 saturated carbocycles. The second kappa shape index (κ2) is 14.7. The highest BCUT2D eigenvalue weighted by atomic mass is 19.1. The van der Waals surface area contributed by atoms with Gasteiger partial charge in [0.15, 0.2) is 5.82 Å². The summed E-state index contributed by atoms with van der Waals surface area (Å²) in [7, 11) is 0. The molecule has 1 aliphatic carbocycles. The Balaban J connectivity index is 0.00000145. The molecule has 1 aliphatic rings. The minimum Gasteiger partial charge on any atom is -0.336 e. The van der Waals surface area contributed by atoms with Gasteiger partial charge in [0.2, 0.25) is 0 Å². The molecule has 2 atom stereocenters. The smallest absolute Gasteiger partial charge is 0.152 e. The lowest BCUT2D eigenvalue weighted by Gasteiger charge is -2.20. The standard InChI is InChI=1S/C27H36FN3.2C2H6/c1-7-19-10-9-11-23(26(19)28)29-25-17-24(30-31-25)21-14-13-20(16-21)18(3)12-15-22(8-2)27(4,5)6;2*1-2/h8-12,15,17,20-21H,3,7,13-14,16H2,1-2,4-6H3,(H2,29,30,31);2*1-2H3/b15-12-,22-8+;;. The molecule has 3 nitrogen and oxygen atoms in total. The molecule has 0 spiro atoms. The quantitative estimate of drug-likeness (QED) is 0.386. The highest BCUT2D eigenvalue weighted by Crippen LogP contribution is 2.41. The van der Waals surface area contributed by atoms with E-state index in [0.717, 1.165) is 25.0 Å². The van der Waals surface area contributed by atoms with Gasteiger partial charge in [0.05, 0.1) is 5.69 Å². The van der Waals surface area contributed by atoms with Crippen LogP contribution in [0.15, 0.2) is 60.2 Å². The van der Waals surface area contributed by atoms with Gasteiger partial charge in [-0.3, -0.25) is 5.10 Å². The van der Waals surface area contributed by atoms with Gasteiger partial charge in [-0.05, 0) is 61.1 Å². The minimum absolute atomic E-state index is 0.138. The van der Waals surface area contributed by atoms with E-state index >= 15 is 0 Å². The normalized spacial score (nSPS) is 17.9. The molecule has 3 rings (SSSR count). The van der Waals surface area contributed by atoms with Crippen molar-refractivity contribution in [3.8, 4) is 0 Å². The number of nitrogens with zero attached hydrogens (tertiary/aromatic N) is 1. The average Bonchev–Trinajstić information content (AvgIpc) is 3.52. The van der Waals surface area contributed by atoms with Crippen LogP contribution in [0.4, 0.5) is 15.9 Å². The highest BCUT2D eigenvalue weighted by molar-refractivity contribution is 5.58. The summed E-state index contributed by atoms with van der Waals surface area (Å²) in [5.41, 5.74) is 4.95. The zero-order chi connectivity index (χ0) is 26.6. The fourth-order valence-corrected chi connectivity index (χ4v) is 4.41. The molecule has 2 unspecified atom stereocenters. The molecular weight excluding hydrogens is 433 g/mol. The molecule has 2 aromatic rings. The molecule has 1 aromatic carbocycles. The summed E-state index contributed by atoms with van der Waals surface area (Å²) >= 11 is 0. The first-order valence-corrected chi connectivity index (χ1v) is 13.4. The molecule has 2 N–H and O–H groups in total. The number of benzene rings is 1. The summed E-state index contributed by atoms with van der Waals surface area (Å²) in [4.78, 5) is 0. The Hall–Kier alpha value is -2.62. The number of H-pyrrole nitrogens is 1. The number of hydrogen-bond acceptors (Lipinski definition) is 2. The van der Waals surface area contributed by atoms with Crippen molar-refractivity contribution in [2.75, 3.05) is 5.32 Å². The summed E-state index contributed by atoms with van der Waals surface area (Å²) in [6.07, 6.45) is 10.5. The lowest BCUT2D eigenvalue weighted by atomic mass is 9.85. The van der Waals surface area contributed by atoms with E-state index in [1.165, 1.54) is 11.1 Å². The van der Waals surface area contributed by atoms with Crippen LogP contribution >= 0.6 is 0 Å². The lowest BCUT2D eigenvalue weighted by molar-refractivity contribution is 0.516. The van der Waals surface area contributed by atoms with Crippen molar-refractivity contribution in [1.82, 2.24) is 10.2 Å². The van der Waals surface area contributed by atoms with Gasteiger partial charge < -0.3 is 5.32 Å². The largest absolute Gasteiger partial charge is 0.336 e. The highest BCUT2D eigenvalue weighted by Gasteiger charge is 2.28. The predicted molar refractivity (Wildman–Crippen MR) is 152 cm³/mol. The van der Waals surface area contributed by atoms with E-state index in [9.17, 15) is 4.39 Å². The van der Waals surface area contributed by atoms with Crippen LogP contribution in [0.5, 0.6) is 0 Å². The molecule has 0 bridgehead atoms. The third kappa shape index (κ3) is 8.52. The van der Waals surface area contributed by atoms with Gasteiger partial charge in [0, 0.05) is 17.7 Å². The third-order valence-electron chi connectivity index (χ3n) is 6.37. The van der Waals surface area contributed by atoms with Gasteiger partial charge in [0.1, 0.15) is 5.82 Å². The Kier molecular flexibility index (Phi) is 12.8. The van der Waals surface area contributed by atoms with E-state index < -0.39 is 0 Å². The average molecular weight is 482 g/mol. The van der Waals surface area contributed by atoms with Crippen molar-refractivity contribution in [2.24, 2.45) is 11.3 Å². The number of rotatable bonds is 7. The molecule has 35 heavy (non-hydrogen) atoms. The number of halogens is 1. The summed E-state index contributed by atoms with van der Waals surface area (Å²) < 4.78 is 14.5. The van der Waals surface area contributed by atoms with Crippen LogP contribution in [0.25, 0.3) is 0 Å². The van der Waals surface area contributed by atoms with Crippen molar-refractivity contribution in [3.05, 3.63) is 77.3 Å². The van der Waals surface area contributed by atoms with E-state index in [1.54, 1.807) is 6.07 Å². The van der Waals surface area contributed by atoms with Crippen molar-refractivity contribution in [3.63, 3.8) is 0 Å². The molecule has 0 radical (unpaired) electrons. The maximum Gasteiger partial charge on any atom is 0.152 e. The number of hydrogen-bond donors (Lipinski definition) is 2. The first-order valence-electron chi connectivity index (χ1n) is 13.4. The van der Waals surface area contributed by atoms with Gasteiger partial charge in [-0.25, -0.2) is 4.39 Å². The van der Waals surface area contributed by atoms with Gasteiger partial charge in [0.25, 0.3) is 0 Å². The topological polar surface area (TPSA) is 40.7 Å². The molecule has 0 saturated heterocycles. The fourth-order valence-electron chi connectivity index (χ4n) is 4.41. The third-order valence-corrected chi connectivity index (χ3v) is 6.37. The summed E-state index contributed by atoms with van der Waals surface area (Å²) in [6.45, 7) is 23.1. The number of nitrogens with one attached hydrogen (secondary N) is 2. The molecular formula is C31H48FN3. The maximum atomic E-state index is 14.5. The molecule has 4 heteroatoms. The van der Waals surface area contributed by atoms with E-state index in [4.69, 9.17) is 0 Å². The van der Waals surface area contributed by atoms with E-state index in [-0.39, 0.29) is 11.2 Å². The minimum atomic E-state index is -0.200. The Labute approximate surface area is 214 Å². The van der Waals surface area contributed by atoms with Crippen LogP contribution in [0.2, 0.25) is 0 Å². The van der Waals surface area contributed by atoms with Gasteiger partial charge in [-0.2, -0.15) is 5.10 Å². The van der Waals surface area contributed by atoms with Crippen molar-refractivity contribution in [2.45, 2.75) is 93.9 Å². The van der Waals surface area contributed by atoms with Gasteiger partial charge in [-0.1, -0.05) is 97.9 Å². The molecule has 1 fully saturated rings. The lowest BCUT2D eigenvalue weighted by Crippen LogP contribution is -2.07. The summed E-state index contributed by atoms with van der Waals surface area (Å²) in [6, 6.07) is 7.46. The zero-order valence-corrected chi connectivity index (χ0v) is 23.6. The number of anilines is 2. The Morgan fingerprint density at radius 1 is 1.17 bits per heavy atom. The van der Waals surface area contributed by atoms with Gasteiger partial charge >= 0.3 is 0 Å². The van der Waals surface area contributed by atoms with Crippen LogP contribution in [-0.4, -0.2) is 10.2 Å². The summed E-state index contributed by atoms with van der Waals surface area (Å²) in [5, 5.41) is 10.7. The number of allylic oxidation sites excluding steroid dienone is 5. The van der Waals surface area contributed by atoms with Crippen molar-refractivity contribution >= 4 is 11.5 Å². The second-order valence-corrected chi connectivity index (χ2v) is 9.57. The number of aryl methyl sites for hydroxylation is 1. The Bertz CT molecular complexity index is 975. The zero-order valence-electron chi connectivity index (χ0n) is 23.6. The van der Waals surface area contributed by atoms with E-state index in [0.29, 0.717) is 35.3 Å². The van der Waals surface area contributed by atoms with Crippen LogP contribution in [0, 0.1) is 17.2 Å². The first-order chi connectivity index (χ1) is 16.7. The predicted octanol–water partition coefficient (Wildman–Crippen LogP) is 9.90. The molecule has 194 valence electrons. The maximum absolute atomic E-state index is 14.5. The van der Waals surface area contributed by atoms with E-state index in [1.807, 2.05) is 52.8 Å². The summed E-state index contributed by atoms with van der Waals surface area (Å²) in [5.74, 6) is 1.37. The van der Waals surface area contributed by atoms with Crippen molar-refractivity contribution in [1.29, 1.82) is 0 Å². The Morgan fingerprint density at radius 2 is 1.86 bits per heavy atom. The number of aromatic amines is 1. The molecule has 1 aromatic heterocycles. The second-order valence-electron chi connectivity index (χ2n) is 9.57. The monoisotopic (exact) mass is 481 g/mol. The Morgan fingerprint density at radius 3 is 2.46 bits per heavy atom. The fraction of sp³-hybridized carbons (Fsp3) is 0.516. The molecule has 1 heterocycles. The van der Waals surface area contributed by atoms with Crippen LogP contribution in [0.1, 0.15) is 98.8 Å². The van der Waals surface area contributed by atoms with E-state index in [2.05, 4.69) is 68.0 Å². The van der Waals surface area contributed by atoms with Crippen molar-refractivity contribution < 1.29 is 4.39 Å². The van der Waals surface area contributed by atoms with Crippen LogP contribution in [0.3, 0.4) is 0 Å². The van der Waals surface area contributed by atoms with Gasteiger partial charge in [-0.15, -0.1) is 0 Å².